The molecule has 1 aliphatic heterocycles. The van der Waals surface area contributed by atoms with E-state index in [1.165, 1.54) is 22.6 Å². The summed E-state index contributed by atoms with van der Waals surface area (Å²) in [5, 5.41) is 1.24. The molecule has 0 saturated heterocycles. The smallest absolute Gasteiger partial charge is 0.125 e. The molecule has 0 radical (unpaired) electrons. The van der Waals surface area contributed by atoms with Crippen LogP contribution in [0.1, 0.15) is 31.4 Å². The molecule has 3 aromatic rings. The van der Waals surface area contributed by atoms with Gasteiger partial charge in [0.15, 0.2) is 0 Å². The zero-order valence-electron chi connectivity index (χ0n) is 16.4. The van der Waals surface area contributed by atoms with E-state index >= 15 is 0 Å². The lowest BCUT2D eigenvalue weighted by atomic mass is 9.98. The van der Waals surface area contributed by atoms with Crippen LogP contribution in [0.4, 0.5) is 4.39 Å². The highest BCUT2D eigenvalue weighted by atomic mass is 19.1. The maximum Gasteiger partial charge on any atom is 0.125 e. The minimum absolute atomic E-state index is 0.198. The average Bonchev–Trinajstić information content (AvgIpc) is 3.03. The highest BCUT2D eigenvalue weighted by Crippen LogP contribution is 2.33. The molecule has 0 aliphatic carbocycles. The molecule has 0 amide bonds. The molecule has 2 nitrogen and oxygen atoms in total. The Morgan fingerprint density at radius 2 is 1.93 bits per heavy atom. The monoisotopic (exact) mass is 362 g/mol. The van der Waals surface area contributed by atoms with Crippen molar-refractivity contribution in [3.05, 3.63) is 71.7 Å². The molecule has 1 aromatic heterocycles. The van der Waals surface area contributed by atoms with E-state index in [1.54, 1.807) is 6.07 Å². The van der Waals surface area contributed by atoms with Crippen molar-refractivity contribution in [2.45, 2.75) is 27.2 Å². The summed E-state index contributed by atoms with van der Waals surface area (Å²) in [5.74, 6) is 0.494. The number of benzene rings is 2. The zero-order valence-corrected chi connectivity index (χ0v) is 16.4. The van der Waals surface area contributed by atoms with Crippen LogP contribution >= 0.6 is 0 Å². The number of hydrogen-bond acceptors (Lipinski definition) is 1. The fraction of sp³-hybridized carbons (Fsp3) is 0.333. The molecule has 0 N–H and O–H groups in total. The number of halogens is 1. The Labute approximate surface area is 160 Å². The van der Waals surface area contributed by atoms with Gasteiger partial charge in [0.2, 0.25) is 0 Å². The zero-order chi connectivity index (χ0) is 19.0. The van der Waals surface area contributed by atoms with Gasteiger partial charge in [-0.2, -0.15) is 0 Å². The highest BCUT2D eigenvalue weighted by Gasteiger charge is 2.18. The van der Waals surface area contributed by atoms with Gasteiger partial charge in [0.1, 0.15) is 5.82 Å². The molecule has 4 rings (SSSR count). The maximum atomic E-state index is 13.9. The standard InChI is InChI=1S/C24H27FN2/c1-17(2)15-26-12-10-19(11-13-26)22-16-27(23-7-5-4-6-21(22)23)24-14-20(25)9-8-18(24)3/h4-10,14,16-17H,11-13,15H2,1-3H3. The van der Waals surface area contributed by atoms with Gasteiger partial charge in [-0.25, -0.2) is 4.39 Å². The molecule has 0 fully saturated rings. The van der Waals surface area contributed by atoms with Crippen molar-refractivity contribution in [1.82, 2.24) is 9.47 Å². The molecule has 2 heterocycles. The predicted octanol–water partition coefficient (Wildman–Crippen LogP) is 5.82. The van der Waals surface area contributed by atoms with Gasteiger partial charge in [0, 0.05) is 36.8 Å². The molecule has 27 heavy (non-hydrogen) atoms. The third-order valence-corrected chi connectivity index (χ3v) is 5.41. The summed E-state index contributed by atoms with van der Waals surface area (Å²) in [6.45, 7) is 9.83. The molecule has 0 unspecified atom stereocenters. The van der Waals surface area contributed by atoms with Gasteiger partial charge in [0.05, 0.1) is 11.2 Å². The van der Waals surface area contributed by atoms with Crippen LogP contribution < -0.4 is 0 Å². The Bertz CT molecular complexity index is 997. The first-order valence-corrected chi connectivity index (χ1v) is 9.81. The van der Waals surface area contributed by atoms with Gasteiger partial charge in [0.25, 0.3) is 0 Å². The Morgan fingerprint density at radius 3 is 2.67 bits per heavy atom. The van der Waals surface area contributed by atoms with E-state index in [0.717, 1.165) is 42.8 Å². The van der Waals surface area contributed by atoms with Crippen molar-refractivity contribution in [2.24, 2.45) is 5.92 Å². The fourth-order valence-electron chi connectivity index (χ4n) is 4.11. The lowest BCUT2D eigenvalue weighted by Crippen LogP contribution is -2.31. The van der Waals surface area contributed by atoms with Gasteiger partial charge in [-0.05, 0) is 48.6 Å². The number of aryl methyl sites for hydroxylation is 1. The van der Waals surface area contributed by atoms with Crippen LogP contribution in [-0.4, -0.2) is 29.1 Å². The number of para-hydroxylation sites is 1. The van der Waals surface area contributed by atoms with E-state index in [0.29, 0.717) is 5.92 Å². The Balaban J connectivity index is 1.77. The third-order valence-electron chi connectivity index (χ3n) is 5.41. The fourth-order valence-corrected chi connectivity index (χ4v) is 4.11. The first-order valence-electron chi connectivity index (χ1n) is 9.81. The van der Waals surface area contributed by atoms with Crippen LogP contribution in [0.3, 0.4) is 0 Å². The summed E-state index contributed by atoms with van der Waals surface area (Å²) in [5.41, 5.74) is 5.80. The van der Waals surface area contributed by atoms with Crippen molar-refractivity contribution < 1.29 is 4.39 Å². The minimum atomic E-state index is -0.198. The lowest BCUT2D eigenvalue weighted by molar-refractivity contribution is 0.268. The number of rotatable bonds is 4. The van der Waals surface area contributed by atoms with Crippen molar-refractivity contribution in [3.63, 3.8) is 0 Å². The summed E-state index contributed by atoms with van der Waals surface area (Å²) in [6, 6.07) is 13.4. The largest absolute Gasteiger partial charge is 0.316 e. The molecule has 1 aliphatic rings. The normalized spacial score (nSPS) is 15.5. The van der Waals surface area contributed by atoms with E-state index < -0.39 is 0 Å². The minimum Gasteiger partial charge on any atom is -0.316 e. The van der Waals surface area contributed by atoms with Crippen molar-refractivity contribution in [1.29, 1.82) is 0 Å². The van der Waals surface area contributed by atoms with Crippen LogP contribution in [0.2, 0.25) is 0 Å². The molecule has 0 atom stereocenters. The maximum absolute atomic E-state index is 13.9. The second-order valence-corrected chi connectivity index (χ2v) is 7.99. The summed E-state index contributed by atoms with van der Waals surface area (Å²) in [4.78, 5) is 2.52. The van der Waals surface area contributed by atoms with Gasteiger partial charge in [-0.1, -0.05) is 44.2 Å². The summed E-state index contributed by atoms with van der Waals surface area (Å²) in [6.07, 6.45) is 5.62. The molecule has 140 valence electrons. The Kier molecular flexibility index (Phi) is 4.88. The van der Waals surface area contributed by atoms with Crippen molar-refractivity contribution in [2.75, 3.05) is 19.6 Å². The lowest BCUT2D eigenvalue weighted by Gasteiger charge is -2.27. The first kappa shape index (κ1) is 18.0. The molecule has 0 spiro atoms. The Morgan fingerprint density at radius 1 is 1.11 bits per heavy atom. The van der Waals surface area contributed by atoms with Gasteiger partial charge >= 0.3 is 0 Å². The molecular formula is C24H27FN2. The summed E-state index contributed by atoms with van der Waals surface area (Å²) >= 11 is 0. The van der Waals surface area contributed by atoms with E-state index in [4.69, 9.17) is 0 Å². The van der Waals surface area contributed by atoms with Crippen LogP contribution in [0.5, 0.6) is 0 Å². The quantitative estimate of drug-likeness (QED) is 0.567. The highest BCUT2D eigenvalue weighted by molar-refractivity contribution is 5.94. The summed E-state index contributed by atoms with van der Waals surface area (Å²) < 4.78 is 16.1. The van der Waals surface area contributed by atoms with E-state index in [9.17, 15) is 4.39 Å². The second kappa shape index (κ2) is 7.32. The molecule has 3 heteroatoms. The topological polar surface area (TPSA) is 8.17 Å². The third kappa shape index (κ3) is 3.57. The predicted molar refractivity (Wildman–Crippen MR) is 112 cm³/mol. The van der Waals surface area contributed by atoms with Crippen LogP contribution in [0.25, 0.3) is 22.2 Å². The number of fused-ring (bicyclic) bond motifs is 1. The molecule has 0 saturated carbocycles. The van der Waals surface area contributed by atoms with Crippen molar-refractivity contribution in [3.8, 4) is 5.69 Å². The van der Waals surface area contributed by atoms with Crippen LogP contribution in [0.15, 0.2) is 54.7 Å². The summed E-state index contributed by atoms with van der Waals surface area (Å²) in [7, 11) is 0. The number of hydrogen-bond donors (Lipinski definition) is 0. The van der Waals surface area contributed by atoms with Crippen LogP contribution in [-0.2, 0) is 0 Å². The SMILES string of the molecule is Cc1ccc(F)cc1-n1cc(C2=CCN(CC(C)C)CC2)c2ccccc21. The Hall–Kier alpha value is -2.39. The average molecular weight is 362 g/mol. The van der Waals surface area contributed by atoms with Crippen LogP contribution in [0, 0.1) is 18.7 Å². The van der Waals surface area contributed by atoms with Crippen molar-refractivity contribution >= 4 is 16.5 Å². The second-order valence-electron chi connectivity index (χ2n) is 7.99. The van der Waals surface area contributed by atoms with E-state index in [2.05, 4.69) is 59.9 Å². The van der Waals surface area contributed by atoms with Gasteiger partial charge in [-0.15, -0.1) is 0 Å². The number of nitrogens with zero attached hydrogens (tertiary/aromatic N) is 2. The molecule has 2 aromatic carbocycles. The van der Waals surface area contributed by atoms with Gasteiger partial charge in [-0.3, -0.25) is 4.90 Å². The number of aromatic nitrogens is 1. The van der Waals surface area contributed by atoms with Gasteiger partial charge < -0.3 is 4.57 Å². The first-order chi connectivity index (χ1) is 13.0. The molecule has 0 bridgehead atoms. The van der Waals surface area contributed by atoms with E-state index in [1.807, 2.05) is 13.0 Å². The molecular weight excluding hydrogens is 335 g/mol. The van der Waals surface area contributed by atoms with E-state index in [-0.39, 0.29) is 5.82 Å².